The minimum Gasteiger partial charge on any atom is -0.503 e. The second-order valence-electron chi connectivity index (χ2n) is 7.57. The predicted octanol–water partition coefficient (Wildman–Crippen LogP) is 0.960. The Hall–Kier alpha value is -3.31. The fourth-order valence-electron chi connectivity index (χ4n) is 4.23. The lowest BCUT2D eigenvalue weighted by molar-refractivity contribution is 0.0598. The number of carbonyl (C=O) groups excluding carboxylic acids is 2. The summed E-state index contributed by atoms with van der Waals surface area (Å²) in [6.07, 6.45) is 0.978. The highest BCUT2D eigenvalue weighted by atomic mass is 19.1. The van der Waals surface area contributed by atoms with Crippen LogP contribution in [0.25, 0.3) is 0 Å². The van der Waals surface area contributed by atoms with Crippen molar-refractivity contribution in [1.82, 2.24) is 14.8 Å². The van der Waals surface area contributed by atoms with Crippen molar-refractivity contribution >= 4 is 11.8 Å². The Bertz CT molecular complexity index is 1130. The molecule has 0 aliphatic carbocycles. The summed E-state index contributed by atoms with van der Waals surface area (Å²) < 4.78 is 33.5. The van der Waals surface area contributed by atoms with Crippen molar-refractivity contribution in [2.45, 2.75) is 25.4 Å². The molecule has 0 bridgehead atoms. The van der Waals surface area contributed by atoms with E-state index in [2.05, 4.69) is 5.32 Å². The first-order valence-corrected chi connectivity index (χ1v) is 10.3. The number of carbonyl (C=O) groups is 2. The van der Waals surface area contributed by atoms with E-state index < -0.39 is 34.6 Å². The minimum atomic E-state index is -0.944. The molecule has 0 spiro atoms. The number of methoxy groups -OCH3 is 1. The Morgan fingerprint density at radius 1 is 1.27 bits per heavy atom. The Morgan fingerprint density at radius 3 is 2.67 bits per heavy atom. The van der Waals surface area contributed by atoms with Crippen molar-refractivity contribution in [2.24, 2.45) is 0 Å². The monoisotopic (exact) mass is 465 g/mol. The summed E-state index contributed by atoms with van der Waals surface area (Å²) in [5.41, 5.74) is -0.897. The minimum absolute atomic E-state index is 0.0512. The number of benzene rings is 1. The lowest BCUT2D eigenvalue weighted by Crippen LogP contribution is -2.45. The van der Waals surface area contributed by atoms with Gasteiger partial charge in [0, 0.05) is 51.2 Å². The molecule has 33 heavy (non-hydrogen) atoms. The molecule has 0 fully saturated rings. The molecule has 1 aromatic heterocycles. The van der Waals surface area contributed by atoms with Crippen LogP contribution in [0.15, 0.2) is 23.0 Å². The van der Waals surface area contributed by atoms with Crippen molar-refractivity contribution in [3.05, 3.63) is 62.6 Å². The largest absolute Gasteiger partial charge is 0.503 e. The lowest BCUT2D eigenvalue weighted by atomic mass is 10.1. The molecular weight excluding hydrogens is 440 g/mol. The zero-order chi connectivity index (χ0) is 24.3. The number of hydrogen-bond donors (Lipinski definition) is 3. The number of hydrogen-bond acceptors (Lipinski definition) is 6. The number of aromatic nitrogens is 1. The zero-order valence-corrected chi connectivity index (χ0v) is 18.2. The van der Waals surface area contributed by atoms with Gasteiger partial charge in [0.25, 0.3) is 11.8 Å². The maximum Gasteiger partial charge on any atom is 0.274 e. The summed E-state index contributed by atoms with van der Waals surface area (Å²) in [4.78, 5) is 40.0. The van der Waals surface area contributed by atoms with E-state index in [-0.39, 0.29) is 29.4 Å². The Kier molecular flexibility index (Phi) is 7.44. The average Bonchev–Trinajstić information content (AvgIpc) is 3.21. The molecule has 1 aromatic carbocycles. The van der Waals surface area contributed by atoms with Crippen LogP contribution in [-0.4, -0.2) is 65.4 Å². The number of rotatable bonds is 6. The van der Waals surface area contributed by atoms with Gasteiger partial charge in [-0.1, -0.05) is 6.07 Å². The molecule has 0 saturated heterocycles. The van der Waals surface area contributed by atoms with Crippen LogP contribution >= 0.6 is 0 Å². The van der Waals surface area contributed by atoms with Gasteiger partial charge in [0.2, 0.25) is 5.43 Å². The quantitative estimate of drug-likeness (QED) is 0.585. The molecule has 0 saturated carbocycles. The van der Waals surface area contributed by atoms with E-state index in [0.29, 0.717) is 44.3 Å². The number of nitrogens with one attached hydrogen (secondary N) is 1. The topological polar surface area (TPSA) is 121 Å². The fourth-order valence-corrected chi connectivity index (χ4v) is 4.23. The van der Waals surface area contributed by atoms with E-state index in [1.165, 1.54) is 18.1 Å². The molecule has 2 aliphatic rings. The molecular formula is C22H25F2N3O6. The summed E-state index contributed by atoms with van der Waals surface area (Å²) >= 11 is 0. The van der Waals surface area contributed by atoms with Gasteiger partial charge >= 0.3 is 0 Å². The summed E-state index contributed by atoms with van der Waals surface area (Å²) in [6.45, 7) is 0.753. The van der Waals surface area contributed by atoms with Crippen LogP contribution in [0.5, 0.6) is 5.75 Å². The van der Waals surface area contributed by atoms with Gasteiger partial charge in [0.1, 0.15) is 17.2 Å². The molecule has 1 atom stereocenters. The molecule has 4 rings (SSSR count). The second-order valence-corrected chi connectivity index (χ2v) is 7.57. The standard InChI is InChI=1S/C21H21F2N3O5.CH4O/c1-31-7-6-25-10-13-4-5-15-16(18(27)19(28)17(21(25)30)26(13)15)20(29)24-9-11-2-3-12(22)8-14(11)23;1-2/h2-3,8,13,28H,4-7,9-10H2,1H3,(H,24,29);2H,1H3. The van der Waals surface area contributed by atoms with E-state index >= 15 is 0 Å². The normalized spacial score (nSPS) is 16.2. The smallest absolute Gasteiger partial charge is 0.274 e. The molecule has 3 heterocycles. The maximum absolute atomic E-state index is 13.8. The number of nitrogens with zero attached hydrogens (tertiary/aromatic N) is 2. The third-order valence-electron chi connectivity index (χ3n) is 5.73. The first-order chi connectivity index (χ1) is 15.8. The van der Waals surface area contributed by atoms with Crippen LogP contribution in [0, 0.1) is 11.6 Å². The molecule has 3 N–H and O–H groups in total. The Morgan fingerprint density at radius 2 is 2.00 bits per heavy atom. The van der Waals surface area contributed by atoms with Gasteiger partial charge in [-0.25, -0.2) is 8.78 Å². The zero-order valence-electron chi connectivity index (χ0n) is 18.2. The van der Waals surface area contributed by atoms with Gasteiger partial charge in [0.15, 0.2) is 11.4 Å². The first-order valence-electron chi connectivity index (χ1n) is 10.3. The van der Waals surface area contributed by atoms with Crippen LogP contribution in [0.3, 0.4) is 0 Å². The van der Waals surface area contributed by atoms with Crippen molar-refractivity contribution in [2.75, 3.05) is 33.9 Å². The first kappa shape index (κ1) is 24.3. The molecule has 2 aliphatic heterocycles. The highest BCUT2D eigenvalue weighted by Gasteiger charge is 2.41. The lowest BCUT2D eigenvalue weighted by Gasteiger charge is -2.34. The van der Waals surface area contributed by atoms with Crippen molar-refractivity contribution < 1.29 is 33.3 Å². The molecule has 2 amide bonds. The fraction of sp³-hybridized carbons (Fsp3) is 0.409. The van der Waals surface area contributed by atoms with Crippen molar-refractivity contribution in [1.29, 1.82) is 0 Å². The van der Waals surface area contributed by atoms with E-state index in [4.69, 9.17) is 9.84 Å². The highest BCUT2D eigenvalue weighted by Crippen LogP contribution is 2.36. The van der Waals surface area contributed by atoms with Crippen LogP contribution in [0.2, 0.25) is 0 Å². The van der Waals surface area contributed by atoms with Crippen LogP contribution < -0.4 is 10.7 Å². The molecule has 1 unspecified atom stereocenters. The molecule has 2 aromatic rings. The number of aliphatic hydroxyl groups is 1. The molecule has 9 nitrogen and oxygen atoms in total. The van der Waals surface area contributed by atoms with Gasteiger partial charge in [0.05, 0.1) is 12.6 Å². The van der Waals surface area contributed by atoms with Crippen LogP contribution in [0.4, 0.5) is 8.78 Å². The molecule has 11 heteroatoms. The van der Waals surface area contributed by atoms with E-state index in [9.17, 15) is 28.3 Å². The third-order valence-corrected chi connectivity index (χ3v) is 5.73. The van der Waals surface area contributed by atoms with Crippen molar-refractivity contribution in [3.63, 3.8) is 0 Å². The Balaban J connectivity index is 0.00000149. The Labute approximate surface area is 188 Å². The summed E-state index contributed by atoms with van der Waals surface area (Å²) in [7, 11) is 2.51. The van der Waals surface area contributed by atoms with Crippen LogP contribution in [0.1, 0.15) is 44.6 Å². The average molecular weight is 465 g/mol. The summed E-state index contributed by atoms with van der Waals surface area (Å²) in [5, 5.41) is 20.0. The number of halogens is 2. The van der Waals surface area contributed by atoms with Crippen molar-refractivity contribution in [3.8, 4) is 5.75 Å². The number of amides is 2. The van der Waals surface area contributed by atoms with Gasteiger partial charge < -0.3 is 29.7 Å². The maximum atomic E-state index is 13.8. The van der Waals surface area contributed by atoms with E-state index in [0.717, 1.165) is 13.2 Å². The number of aliphatic hydroxyl groups excluding tert-OH is 1. The van der Waals surface area contributed by atoms with Gasteiger partial charge in [-0.05, 0) is 18.9 Å². The third kappa shape index (κ3) is 4.46. The second kappa shape index (κ2) is 10.1. The molecule has 178 valence electrons. The van der Waals surface area contributed by atoms with Gasteiger partial charge in [-0.15, -0.1) is 0 Å². The summed E-state index contributed by atoms with van der Waals surface area (Å²) in [6, 6.07) is 2.79. The van der Waals surface area contributed by atoms with E-state index in [1.807, 2.05) is 0 Å². The van der Waals surface area contributed by atoms with Crippen LogP contribution in [-0.2, 0) is 17.7 Å². The highest BCUT2D eigenvalue weighted by molar-refractivity contribution is 6.00. The SMILES string of the molecule is CO.COCCN1CC2CCc3c(C(=O)NCc4ccc(F)cc4F)c(=O)c(O)c(n32)C1=O. The molecule has 0 radical (unpaired) electrons. The van der Waals surface area contributed by atoms with Gasteiger partial charge in [-0.2, -0.15) is 0 Å². The van der Waals surface area contributed by atoms with E-state index in [1.54, 1.807) is 4.57 Å². The number of pyridine rings is 1. The number of ether oxygens (including phenoxy) is 1. The van der Waals surface area contributed by atoms with Gasteiger partial charge in [-0.3, -0.25) is 14.4 Å². The number of aromatic hydroxyl groups is 1. The summed E-state index contributed by atoms with van der Waals surface area (Å²) in [5.74, 6) is -3.62. The predicted molar refractivity (Wildman–Crippen MR) is 113 cm³/mol.